The maximum absolute atomic E-state index is 11.4. The molecule has 0 aliphatic carbocycles. The maximum Gasteiger partial charge on any atom is 0.224 e. The molecule has 3 N–H and O–H groups in total. The van der Waals surface area contributed by atoms with Crippen LogP contribution in [0.5, 0.6) is 11.6 Å². The van der Waals surface area contributed by atoms with Gasteiger partial charge >= 0.3 is 0 Å². The van der Waals surface area contributed by atoms with Gasteiger partial charge in [0.15, 0.2) is 9.84 Å². The van der Waals surface area contributed by atoms with Crippen molar-refractivity contribution in [1.29, 1.82) is 0 Å². The van der Waals surface area contributed by atoms with Crippen molar-refractivity contribution in [1.82, 2.24) is 9.97 Å². The van der Waals surface area contributed by atoms with Crippen molar-refractivity contribution in [2.45, 2.75) is 18.2 Å². The Bertz CT molecular complexity index is 707. The van der Waals surface area contributed by atoms with Gasteiger partial charge in [-0.25, -0.2) is 19.2 Å². The molecular weight excluding hydrogens is 292 g/mol. The zero-order valence-corrected chi connectivity index (χ0v) is 12.5. The molecule has 1 aromatic carbocycles. The molecule has 2 rings (SSSR count). The van der Waals surface area contributed by atoms with Gasteiger partial charge in [0, 0.05) is 18.7 Å². The number of rotatable bonds is 5. The van der Waals surface area contributed by atoms with Crippen LogP contribution in [0, 0.1) is 0 Å². The predicted octanol–water partition coefficient (Wildman–Crippen LogP) is 1.52. The highest BCUT2D eigenvalue weighted by atomic mass is 32.2. The summed E-state index contributed by atoms with van der Waals surface area (Å²) in [6, 6.07) is 7.66. The molecule has 0 amide bonds. The van der Waals surface area contributed by atoms with Gasteiger partial charge in [0.2, 0.25) is 5.88 Å². The van der Waals surface area contributed by atoms with E-state index in [1.165, 1.54) is 12.1 Å². The largest absolute Gasteiger partial charge is 0.439 e. The lowest BCUT2D eigenvalue weighted by molar-refractivity contribution is 0.459. The summed E-state index contributed by atoms with van der Waals surface area (Å²) in [6.07, 6.45) is 1.79. The van der Waals surface area contributed by atoms with Crippen molar-refractivity contribution in [3.8, 4) is 11.6 Å². The number of hydrogen-bond acceptors (Lipinski definition) is 7. The zero-order chi connectivity index (χ0) is 15.5. The van der Waals surface area contributed by atoms with Crippen LogP contribution in [-0.2, 0) is 16.3 Å². The second kappa shape index (κ2) is 6.06. The highest BCUT2D eigenvalue weighted by Gasteiger charge is 2.08. The molecule has 1 heterocycles. The van der Waals surface area contributed by atoms with E-state index in [2.05, 4.69) is 15.4 Å². The summed E-state index contributed by atoms with van der Waals surface area (Å²) in [6.45, 7) is 1.92. The molecule has 2 aromatic rings. The molecule has 0 bridgehead atoms. The standard InChI is InChI=1S/C13H16N4O3S/c1-3-11-15-12(17-14)8-13(16-11)20-9-4-6-10(7-5-9)21(2,18)19/h4-8H,3,14H2,1-2H3,(H,15,16,17). The number of hydrazine groups is 1. The van der Waals surface area contributed by atoms with Crippen LogP contribution in [0.4, 0.5) is 5.82 Å². The fraction of sp³-hybridized carbons (Fsp3) is 0.231. The first-order valence-corrected chi connectivity index (χ1v) is 8.14. The fourth-order valence-electron chi connectivity index (χ4n) is 1.63. The topological polar surface area (TPSA) is 107 Å². The number of nitrogen functional groups attached to an aromatic ring is 1. The van der Waals surface area contributed by atoms with E-state index in [0.29, 0.717) is 29.7 Å². The Morgan fingerprint density at radius 1 is 1.24 bits per heavy atom. The number of nitrogens with two attached hydrogens (primary N) is 1. The van der Waals surface area contributed by atoms with Crippen LogP contribution >= 0.6 is 0 Å². The highest BCUT2D eigenvalue weighted by molar-refractivity contribution is 7.90. The minimum absolute atomic E-state index is 0.232. The van der Waals surface area contributed by atoms with Gasteiger partial charge in [-0.1, -0.05) is 6.92 Å². The number of benzene rings is 1. The minimum atomic E-state index is -3.22. The van der Waals surface area contributed by atoms with Crippen molar-refractivity contribution in [2.75, 3.05) is 11.7 Å². The van der Waals surface area contributed by atoms with Gasteiger partial charge < -0.3 is 10.2 Å². The van der Waals surface area contributed by atoms with Gasteiger partial charge in [-0.2, -0.15) is 4.98 Å². The van der Waals surface area contributed by atoms with Gasteiger partial charge in [0.25, 0.3) is 0 Å². The molecule has 0 aliphatic rings. The molecule has 8 heteroatoms. The molecule has 0 unspecified atom stereocenters. The number of sulfone groups is 1. The fourth-order valence-corrected chi connectivity index (χ4v) is 2.26. The van der Waals surface area contributed by atoms with Crippen molar-refractivity contribution in [2.24, 2.45) is 5.84 Å². The number of nitrogens with zero attached hydrogens (tertiary/aromatic N) is 2. The zero-order valence-electron chi connectivity index (χ0n) is 11.7. The van der Waals surface area contributed by atoms with Gasteiger partial charge in [0.05, 0.1) is 4.90 Å². The summed E-state index contributed by atoms with van der Waals surface area (Å²) in [5.41, 5.74) is 2.45. The Kier molecular flexibility index (Phi) is 4.39. The molecule has 7 nitrogen and oxygen atoms in total. The molecule has 0 radical (unpaired) electrons. The summed E-state index contributed by atoms with van der Waals surface area (Å²) >= 11 is 0. The number of nitrogens with one attached hydrogen (secondary N) is 1. The molecular formula is C13H16N4O3S. The first-order valence-electron chi connectivity index (χ1n) is 6.25. The second-order valence-corrected chi connectivity index (χ2v) is 6.37. The third-order valence-corrected chi connectivity index (χ3v) is 3.82. The highest BCUT2D eigenvalue weighted by Crippen LogP contribution is 2.23. The predicted molar refractivity (Wildman–Crippen MR) is 78.8 cm³/mol. The van der Waals surface area contributed by atoms with E-state index >= 15 is 0 Å². The van der Waals surface area contributed by atoms with Crippen LogP contribution in [0.25, 0.3) is 0 Å². The Morgan fingerprint density at radius 2 is 1.90 bits per heavy atom. The molecule has 1 aromatic heterocycles. The van der Waals surface area contributed by atoms with Crippen LogP contribution in [0.15, 0.2) is 35.2 Å². The van der Waals surface area contributed by atoms with Crippen LogP contribution in [0.3, 0.4) is 0 Å². The Labute approximate surface area is 123 Å². The van der Waals surface area contributed by atoms with E-state index in [4.69, 9.17) is 10.6 Å². The molecule has 0 saturated heterocycles. The third kappa shape index (κ3) is 3.89. The van der Waals surface area contributed by atoms with Crippen molar-refractivity contribution < 1.29 is 13.2 Å². The number of ether oxygens (including phenoxy) is 1. The summed E-state index contributed by atoms with van der Waals surface area (Å²) < 4.78 is 28.4. The SMILES string of the molecule is CCc1nc(NN)cc(Oc2ccc(S(C)(=O)=O)cc2)n1. The van der Waals surface area contributed by atoms with Crippen LogP contribution < -0.4 is 16.0 Å². The quantitative estimate of drug-likeness (QED) is 0.637. The summed E-state index contributed by atoms with van der Waals surface area (Å²) in [7, 11) is -3.22. The average Bonchev–Trinajstić information content (AvgIpc) is 2.46. The second-order valence-electron chi connectivity index (χ2n) is 4.35. The van der Waals surface area contributed by atoms with E-state index in [-0.39, 0.29) is 4.90 Å². The van der Waals surface area contributed by atoms with Crippen molar-refractivity contribution in [3.63, 3.8) is 0 Å². The number of aromatic nitrogens is 2. The van der Waals surface area contributed by atoms with Gasteiger partial charge in [-0.3, -0.25) is 0 Å². The van der Waals surface area contributed by atoms with E-state index in [0.717, 1.165) is 6.26 Å². The van der Waals surface area contributed by atoms with Gasteiger partial charge in [0.1, 0.15) is 17.4 Å². The smallest absolute Gasteiger partial charge is 0.224 e. The molecule has 21 heavy (non-hydrogen) atoms. The van der Waals surface area contributed by atoms with Crippen LogP contribution in [-0.4, -0.2) is 24.6 Å². The third-order valence-electron chi connectivity index (χ3n) is 2.69. The lowest BCUT2D eigenvalue weighted by Crippen LogP contribution is -2.10. The van der Waals surface area contributed by atoms with E-state index in [1.807, 2.05) is 6.92 Å². The van der Waals surface area contributed by atoms with Crippen molar-refractivity contribution >= 4 is 15.7 Å². The monoisotopic (exact) mass is 308 g/mol. The summed E-state index contributed by atoms with van der Waals surface area (Å²) in [5.74, 6) is 7.19. The minimum Gasteiger partial charge on any atom is -0.439 e. The average molecular weight is 308 g/mol. The van der Waals surface area contributed by atoms with Crippen LogP contribution in [0.1, 0.15) is 12.7 Å². The summed E-state index contributed by atoms with van der Waals surface area (Å²) in [4.78, 5) is 8.60. The molecule has 0 fully saturated rings. The lowest BCUT2D eigenvalue weighted by Gasteiger charge is -2.08. The van der Waals surface area contributed by atoms with E-state index < -0.39 is 9.84 Å². The molecule has 0 atom stereocenters. The Balaban J connectivity index is 2.25. The molecule has 0 spiro atoms. The maximum atomic E-state index is 11.4. The van der Waals surface area contributed by atoms with E-state index in [9.17, 15) is 8.42 Å². The van der Waals surface area contributed by atoms with Crippen LogP contribution in [0.2, 0.25) is 0 Å². The molecule has 112 valence electrons. The summed E-state index contributed by atoms with van der Waals surface area (Å²) in [5, 5.41) is 0. The first-order chi connectivity index (χ1) is 9.92. The Morgan fingerprint density at radius 3 is 2.43 bits per heavy atom. The van der Waals surface area contributed by atoms with Gasteiger partial charge in [-0.05, 0) is 24.3 Å². The van der Waals surface area contributed by atoms with Crippen molar-refractivity contribution in [3.05, 3.63) is 36.2 Å². The van der Waals surface area contributed by atoms with E-state index in [1.54, 1.807) is 18.2 Å². The molecule has 0 saturated carbocycles. The molecule has 0 aliphatic heterocycles. The lowest BCUT2D eigenvalue weighted by atomic mass is 10.3. The normalized spacial score (nSPS) is 11.2. The number of aryl methyl sites for hydroxylation is 1. The number of anilines is 1. The number of hydrogen-bond donors (Lipinski definition) is 2. The van der Waals surface area contributed by atoms with Gasteiger partial charge in [-0.15, -0.1) is 0 Å². The Hall–Kier alpha value is -2.19. The first kappa shape index (κ1) is 15.2.